The zero-order chi connectivity index (χ0) is 14.0. The monoisotopic (exact) mass is 303 g/mol. The Morgan fingerprint density at radius 2 is 1.43 bits per heavy atom. The van der Waals surface area contributed by atoms with Gasteiger partial charge in [0.2, 0.25) is 0 Å². The lowest BCUT2D eigenvalue weighted by molar-refractivity contribution is 0.598. The first-order valence-corrected chi connectivity index (χ1v) is 7.75. The molecule has 2 rings (SSSR count). The third-order valence-corrected chi connectivity index (χ3v) is 3.60. The summed E-state index contributed by atoms with van der Waals surface area (Å²) >= 11 is 0. The summed E-state index contributed by atoms with van der Waals surface area (Å²) in [6.45, 7) is 4.35. The molecule has 2 heteroatoms. The van der Waals surface area contributed by atoms with Gasteiger partial charge in [-0.2, -0.15) is 0 Å². The number of unbranched alkanes of at least 4 members (excludes halogenated alkanes) is 3. The van der Waals surface area contributed by atoms with Crippen LogP contribution in [0, 0.1) is 0 Å². The van der Waals surface area contributed by atoms with Crippen molar-refractivity contribution in [1.82, 2.24) is 5.32 Å². The number of hydrogen-bond acceptors (Lipinski definition) is 1. The van der Waals surface area contributed by atoms with Gasteiger partial charge in [0.1, 0.15) is 0 Å². The van der Waals surface area contributed by atoms with Crippen LogP contribution in [0.25, 0.3) is 11.1 Å². The summed E-state index contributed by atoms with van der Waals surface area (Å²) in [5, 5.41) is 3.52. The second kappa shape index (κ2) is 10.4. The van der Waals surface area contributed by atoms with Gasteiger partial charge in [-0.15, -0.1) is 12.4 Å². The van der Waals surface area contributed by atoms with E-state index in [1.165, 1.54) is 42.4 Å². The van der Waals surface area contributed by atoms with Crippen molar-refractivity contribution >= 4 is 12.4 Å². The van der Waals surface area contributed by atoms with Crippen LogP contribution < -0.4 is 5.32 Å². The topological polar surface area (TPSA) is 12.0 Å². The molecule has 0 aliphatic carbocycles. The Balaban J connectivity index is 0.00000220. The number of halogens is 1. The van der Waals surface area contributed by atoms with Crippen LogP contribution in [0.2, 0.25) is 0 Å². The molecule has 1 N–H and O–H groups in total. The van der Waals surface area contributed by atoms with Gasteiger partial charge in [-0.05, 0) is 29.7 Å². The minimum atomic E-state index is 0. The molecule has 0 aromatic heterocycles. The summed E-state index contributed by atoms with van der Waals surface area (Å²) in [5.74, 6) is 0. The van der Waals surface area contributed by atoms with E-state index in [2.05, 4.69) is 66.8 Å². The van der Waals surface area contributed by atoms with E-state index < -0.39 is 0 Å². The number of hydrogen-bond donors (Lipinski definition) is 1. The van der Waals surface area contributed by atoms with Crippen LogP contribution in [0.15, 0.2) is 54.6 Å². The Kier molecular flexibility index (Phi) is 8.80. The van der Waals surface area contributed by atoms with Gasteiger partial charge >= 0.3 is 0 Å². The fraction of sp³-hybridized carbons (Fsp3) is 0.368. The highest BCUT2D eigenvalue weighted by molar-refractivity contribution is 5.85. The van der Waals surface area contributed by atoms with Crippen molar-refractivity contribution in [3.05, 3.63) is 60.2 Å². The molecule has 2 aromatic carbocycles. The minimum absolute atomic E-state index is 0. The van der Waals surface area contributed by atoms with Gasteiger partial charge in [-0.25, -0.2) is 0 Å². The molecular weight excluding hydrogens is 278 g/mol. The molecule has 114 valence electrons. The predicted octanol–water partition coefficient (Wildman–Crippen LogP) is 5.45. The minimum Gasteiger partial charge on any atom is -0.313 e. The molecule has 0 amide bonds. The third kappa shape index (κ3) is 6.33. The Morgan fingerprint density at radius 3 is 2.10 bits per heavy atom. The van der Waals surface area contributed by atoms with Gasteiger partial charge in [0.25, 0.3) is 0 Å². The molecule has 0 heterocycles. The Labute approximate surface area is 135 Å². The third-order valence-electron chi connectivity index (χ3n) is 3.60. The van der Waals surface area contributed by atoms with Crippen molar-refractivity contribution in [3.8, 4) is 11.1 Å². The summed E-state index contributed by atoms with van der Waals surface area (Å²) in [5.41, 5.74) is 3.93. The lowest BCUT2D eigenvalue weighted by atomic mass is 10.0. The zero-order valence-electron chi connectivity index (χ0n) is 12.8. The quantitative estimate of drug-likeness (QED) is 0.640. The van der Waals surface area contributed by atoms with Gasteiger partial charge in [0, 0.05) is 6.54 Å². The second-order valence-corrected chi connectivity index (χ2v) is 5.30. The van der Waals surface area contributed by atoms with Crippen LogP contribution in [0.1, 0.15) is 38.2 Å². The standard InChI is InChI=1S/C19H25N.ClH/c1-2-3-4-8-15-20-16-17-11-13-19(14-12-17)18-9-6-5-7-10-18;/h5-7,9-14,20H,2-4,8,15-16H2,1H3;1H. The van der Waals surface area contributed by atoms with Crippen LogP contribution in [0.5, 0.6) is 0 Å². The van der Waals surface area contributed by atoms with Crippen LogP contribution in [-0.2, 0) is 6.54 Å². The van der Waals surface area contributed by atoms with Crippen molar-refractivity contribution < 1.29 is 0 Å². The molecule has 0 aliphatic heterocycles. The molecule has 0 atom stereocenters. The van der Waals surface area contributed by atoms with E-state index in [1.54, 1.807) is 0 Å². The van der Waals surface area contributed by atoms with Crippen molar-refractivity contribution in [2.24, 2.45) is 0 Å². The van der Waals surface area contributed by atoms with Crippen molar-refractivity contribution in [2.75, 3.05) is 6.54 Å². The summed E-state index contributed by atoms with van der Waals surface area (Å²) < 4.78 is 0. The highest BCUT2D eigenvalue weighted by Crippen LogP contribution is 2.19. The van der Waals surface area contributed by atoms with Gasteiger partial charge in [-0.3, -0.25) is 0 Å². The van der Waals surface area contributed by atoms with Crippen molar-refractivity contribution in [1.29, 1.82) is 0 Å². The first-order chi connectivity index (χ1) is 9.90. The molecule has 0 aliphatic rings. The van der Waals surface area contributed by atoms with Crippen LogP contribution in [0.3, 0.4) is 0 Å². The Bertz CT molecular complexity index is 479. The molecular formula is C19H26ClN. The molecule has 1 nitrogen and oxygen atoms in total. The maximum Gasteiger partial charge on any atom is 0.0205 e. The van der Waals surface area contributed by atoms with E-state index in [0.29, 0.717) is 0 Å². The average Bonchev–Trinajstić information content (AvgIpc) is 2.52. The van der Waals surface area contributed by atoms with Crippen molar-refractivity contribution in [3.63, 3.8) is 0 Å². The van der Waals surface area contributed by atoms with E-state index in [4.69, 9.17) is 0 Å². The van der Waals surface area contributed by atoms with Gasteiger partial charge in [-0.1, -0.05) is 80.8 Å². The molecule has 0 fully saturated rings. The fourth-order valence-corrected chi connectivity index (χ4v) is 2.36. The van der Waals surface area contributed by atoms with Gasteiger partial charge < -0.3 is 5.32 Å². The lowest BCUT2D eigenvalue weighted by Crippen LogP contribution is -2.14. The van der Waals surface area contributed by atoms with E-state index in [1.807, 2.05) is 0 Å². The molecule has 0 unspecified atom stereocenters. The maximum atomic E-state index is 3.52. The predicted molar refractivity (Wildman–Crippen MR) is 95.0 cm³/mol. The molecule has 0 saturated carbocycles. The Hall–Kier alpha value is -1.31. The highest BCUT2D eigenvalue weighted by atomic mass is 35.5. The van der Waals surface area contributed by atoms with Gasteiger partial charge in [0.15, 0.2) is 0 Å². The summed E-state index contributed by atoms with van der Waals surface area (Å²) in [6, 6.07) is 19.4. The van der Waals surface area contributed by atoms with Crippen LogP contribution in [0.4, 0.5) is 0 Å². The molecule has 2 aromatic rings. The summed E-state index contributed by atoms with van der Waals surface area (Å²) in [6.07, 6.45) is 5.29. The SMILES string of the molecule is CCCCCCNCc1ccc(-c2ccccc2)cc1.Cl. The highest BCUT2D eigenvalue weighted by Gasteiger charge is 1.97. The largest absolute Gasteiger partial charge is 0.313 e. The van der Waals surface area contributed by atoms with Crippen molar-refractivity contribution in [2.45, 2.75) is 39.2 Å². The smallest absolute Gasteiger partial charge is 0.0205 e. The first kappa shape index (κ1) is 17.7. The van der Waals surface area contributed by atoms with E-state index in [-0.39, 0.29) is 12.4 Å². The van der Waals surface area contributed by atoms with E-state index in [0.717, 1.165) is 13.1 Å². The lowest BCUT2D eigenvalue weighted by Gasteiger charge is -2.06. The van der Waals surface area contributed by atoms with Crippen LogP contribution >= 0.6 is 12.4 Å². The maximum absolute atomic E-state index is 3.52. The number of rotatable bonds is 8. The summed E-state index contributed by atoms with van der Waals surface area (Å²) in [4.78, 5) is 0. The van der Waals surface area contributed by atoms with E-state index >= 15 is 0 Å². The normalized spacial score (nSPS) is 10.1. The molecule has 0 bridgehead atoms. The first-order valence-electron chi connectivity index (χ1n) is 7.75. The number of nitrogens with one attached hydrogen (secondary N) is 1. The molecule has 0 radical (unpaired) electrons. The number of benzene rings is 2. The fourth-order valence-electron chi connectivity index (χ4n) is 2.36. The van der Waals surface area contributed by atoms with E-state index in [9.17, 15) is 0 Å². The van der Waals surface area contributed by atoms with Crippen LogP contribution in [-0.4, -0.2) is 6.54 Å². The molecule has 0 saturated heterocycles. The van der Waals surface area contributed by atoms with Gasteiger partial charge in [0.05, 0.1) is 0 Å². The second-order valence-electron chi connectivity index (χ2n) is 5.30. The molecule has 21 heavy (non-hydrogen) atoms. The average molecular weight is 304 g/mol. The Morgan fingerprint density at radius 1 is 0.762 bits per heavy atom. The molecule has 0 spiro atoms. The zero-order valence-corrected chi connectivity index (χ0v) is 13.7. The summed E-state index contributed by atoms with van der Waals surface area (Å²) in [7, 11) is 0.